The summed E-state index contributed by atoms with van der Waals surface area (Å²) in [5, 5.41) is 2.92. The van der Waals surface area contributed by atoms with E-state index < -0.39 is 0 Å². The fraction of sp³-hybridized carbons (Fsp3) is 0.500. The van der Waals surface area contributed by atoms with Crippen LogP contribution < -0.4 is 5.32 Å². The van der Waals surface area contributed by atoms with Gasteiger partial charge in [-0.15, -0.1) is 0 Å². The van der Waals surface area contributed by atoms with E-state index in [0.717, 1.165) is 16.6 Å². The van der Waals surface area contributed by atoms with Gasteiger partial charge in [-0.3, -0.25) is 4.79 Å². The third kappa shape index (κ3) is 2.55. The number of aryl methyl sites for hydroxylation is 1. The Morgan fingerprint density at radius 1 is 1.45 bits per heavy atom. The Kier molecular flexibility index (Phi) is 3.24. The number of carbonyl (C=O) groups excluding carboxylic acids is 1. The largest absolute Gasteiger partial charge is 0.354 e. The lowest BCUT2D eigenvalue weighted by Gasteiger charge is -2.08. The summed E-state index contributed by atoms with van der Waals surface area (Å²) in [6, 6.07) is 6.33. The number of aromatic nitrogens is 2. The average Bonchev–Trinajstić information content (AvgIpc) is 3.14. The smallest absolute Gasteiger partial charge is 0.224 e. The molecule has 106 valence electrons. The van der Waals surface area contributed by atoms with Gasteiger partial charge in [-0.2, -0.15) is 0 Å². The number of fused-ring (bicyclic) bond motifs is 1. The molecule has 1 aliphatic rings. The van der Waals surface area contributed by atoms with E-state index in [9.17, 15) is 4.79 Å². The number of hydrogen-bond donors (Lipinski definition) is 1. The molecule has 4 heteroatoms. The van der Waals surface area contributed by atoms with E-state index in [0.29, 0.717) is 12.3 Å². The van der Waals surface area contributed by atoms with Gasteiger partial charge in [0.2, 0.25) is 5.91 Å². The number of imidazole rings is 1. The van der Waals surface area contributed by atoms with Gasteiger partial charge in [0, 0.05) is 19.0 Å². The minimum absolute atomic E-state index is 0.0673. The molecule has 0 radical (unpaired) electrons. The van der Waals surface area contributed by atoms with Crippen LogP contribution in [0.4, 0.5) is 0 Å². The molecule has 1 N–H and O–H groups in total. The lowest BCUT2D eigenvalue weighted by atomic mass is 10.1. The first-order valence-corrected chi connectivity index (χ1v) is 7.29. The topological polar surface area (TPSA) is 46.9 Å². The number of rotatable bonds is 4. The summed E-state index contributed by atoms with van der Waals surface area (Å²) in [6.45, 7) is 3.95. The van der Waals surface area contributed by atoms with Crippen LogP contribution in [0.1, 0.15) is 44.0 Å². The maximum absolute atomic E-state index is 11.8. The van der Waals surface area contributed by atoms with Crippen LogP contribution in [0.25, 0.3) is 11.0 Å². The number of nitrogens with zero attached hydrogens (tertiary/aromatic N) is 2. The summed E-state index contributed by atoms with van der Waals surface area (Å²) in [5.41, 5.74) is 3.18. The standard InChI is InChI=1S/C16H21N3O/c1-10(2)17-15(20)9-11-4-7-14-13(8-11)18-16(19(14)3)12-5-6-12/h4,7-8,10,12H,5-6,9H2,1-3H3,(H,17,20). The molecule has 1 aliphatic carbocycles. The van der Waals surface area contributed by atoms with Crippen molar-refractivity contribution in [3.8, 4) is 0 Å². The Bertz CT molecular complexity index is 653. The molecular weight excluding hydrogens is 250 g/mol. The summed E-state index contributed by atoms with van der Waals surface area (Å²) in [4.78, 5) is 16.5. The van der Waals surface area contributed by atoms with Crippen molar-refractivity contribution in [1.29, 1.82) is 0 Å². The maximum Gasteiger partial charge on any atom is 0.224 e. The molecule has 1 aromatic heterocycles. The first-order valence-electron chi connectivity index (χ1n) is 7.29. The van der Waals surface area contributed by atoms with Crippen molar-refractivity contribution in [2.45, 2.75) is 45.1 Å². The summed E-state index contributed by atoms with van der Waals surface area (Å²) < 4.78 is 2.19. The van der Waals surface area contributed by atoms with Crippen LogP contribution >= 0.6 is 0 Å². The first-order chi connectivity index (χ1) is 9.54. The summed E-state index contributed by atoms with van der Waals surface area (Å²) in [7, 11) is 2.08. The lowest BCUT2D eigenvalue weighted by molar-refractivity contribution is -0.120. The zero-order valence-corrected chi connectivity index (χ0v) is 12.3. The van der Waals surface area contributed by atoms with E-state index in [1.54, 1.807) is 0 Å². The van der Waals surface area contributed by atoms with Gasteiger partial charge < -0.3 is 9.88 Å². The van der Waals surface area contributed by atoms with E-state index in [2.05, 4.69) is 23.0 Å². The molecule has 0 aliphatic heterocycles. The van der Waals surface area contributed by atoms with E-state index in [1.165, 1.54) is 18.7 Å². The molecule has 0 unspecified atom stereocenters. The number of carbonyl (C=O) groups is 1. The van der Waals surface area contributed by atoms with Crippen molar-refractivity contribution in [3.63, 3.8) is 0 Å². The van der Waals surface area contributed by atoms with Gasteiger partial charge in [0.15, 0.2) is 0 Å². The van der Waals surface area contributed by atoms with Crippen molar-refractivity contribution in [2.24, 2.45) is 7.05 Å². The van der Waals surface area contributed by atoms with Crippen LogP contribution in [0, 0.1) is 0 Å². The highest BCUT2D eigenvalue weighted by molar-refractivity contribution is 5.82. The second-order valence-electron chi connectivity index (χ2n) is 6.03. The van der Waals surface area contributed by atoms with Crippen molar-refractivity contribution in [1.82, 2.24) is 14.9 Å². The van der Waals surface area contributed by atoms with Crippen molar-refractivity contribution in [2.75, 3.05) is 0 Å². The van der Waals surface area contributed by atoms with Crippen LogP contribution in [0.3, 0.4) is 0 Å². The molecule has 2 aromatic rings. The maximum atomic E-state index is 11.8. The minimum atomic E-state index is 0.0673. The van der Waals surface area contributed by atoms with Crippen molar-refractivity contribution in [3.05, 3.63) is 29.6 Å². The second kappa shape index (κ2) is 4.93. The van der Waals surface area contributed by atoms with Gasteiger partial charge in [0.25, 0.3) is 0 Å². The molecular formula is C16H21N3O. The minimum Gasteiger partial charge on any atom is -0.354 e. The van der Waals surface area contributed by atoms with Gasteiger partial charge in [-0.1, -0.05) is 6.07 Å². The quantitative estimate of drug-likeness (QED) is 0.928. The Labute approximate surface area is 119 Å². The highest BCUT2D eigenvalue weighted by Crippen LogP contribution is 2.40. The molecule has 1 aromatic carbocycles. The highest BCUT2D eigenvalue weighted by atomic mass is 16.1. The van der Waals surface area contributed by atoms with Gasteiger partial charge >= 0.3 is 0 Å². The Balaban J connectivity index is 1.85. The van der Waals surface area contributed by atoms with E-state index in [4.69, 9.17) is 4.98 Å². The van der Waals surface area contributed by atoms with Gasteiger partial charge in [0.05, 0.1) is 17.5 Å². The Morgan fingerprint density at radius 3 is 2.85 bits per heavy atom. The first kappa shape index (κ1) is 13.2. The molecule has 0 atom stereocenters. The zero-order valence-electron chi connectivity index (χ0n) is 12.3. The van der Waals surface area contributed by atoms with E-state index >= 15 is 0 Å². The van der Waals surface area contributed by atoms with Crippen LogP contribution in [0.5, 0.6) is 0 Å². The normalized spacial score (nSPS) is 15.0. The Hall–Kier alpha value is -1.84. The van der Waals surface area contributed by atoms with Crippen LogP contribution in [-0.4, -0.2) is 21.5 Å². The number of hydrogen-bond acceptors (Lipinski definition) is 2. The molecule has 20 heavy (non-hydrogen) atoms. The average molecular weight is 271 g/mol. The molecule has 0 saturated heterocycles. The summed E-state index contributed by atoms with van der Waals surface area (Å²) in [5.74, 6) is 1.89. The van der Waals surface area contributed by atoms with E-state index in [1.807, 2.05) is 26.0 Å². The van der Waals surface area contributed by atoms with Crippen LogP contribution in [-0.2, 0) is 18.3 Å². The molecule has 3 rings (SSSR count). The number of amides is 1. The molecule has 4 nitrogen and oxygen atoms in total. The predicted octanol–water partition coefficient (Wildman–Crippen LogP) is 2.52. The highest BCUT2D eigenvalue weighted by Gasteiger charge is 2.28. The predicted molar refractivity (Wildman–Crippen MR) is 79.7 cm³/mol. The monoisotopic (exact) mass is 271 g/mol. The molecule has 0 spiro atoms. The van der Waals surface area contributed by atoms with Crippen LogP contribution in [0.2, 0.25) is 0 Å². The van der Waals surface area contributed by atoms with Crippen molar-refractivity contribution >= 4 is 16.9 Å². The molecule has 0 bridgehead atoms. The second-order valence-corrected chi connectivity index (χ2v) is 6.03. The number of benzene rings is 1. The van der Waals surface area contributed by atoms with Crippen LogP contribution in [0.15, 0.2) is 18.2 Å². The third-order valence-corrected chi connectivity index (χ3v) is 3.74. The Morgan fingerprint density at radius 2 is 2.20 bits per heavy atom. The SMILES string of the molecule is CC(C)NC(=O)Cc1ccc2c(c1)nc(C1CC1)n2C. The lowest BCUT2D eigenvalue weighted by Crippen LogP contribution is -2.31. The van der Waals surface area contributed by atoms with E-state index in [-0.39, 0.29) is 11.9 Å². The zero-order chi connectivity index (χ0) is 14.3. The third-order valence-electron chi connectivity index (χ3n) is 3.74. The van der Waals surface area contributed by atoms with Gasteiger partial charge in [-0.25, -0.2) is 4.98 Å². The molecule has 1 heterocycles. The fourth-order valence-corrected chi connectivity index (χ4v) is 2.64. The number of nitrogens with one attached hydrogen (secondary N) is 1. The summed E-state index contributed by atoms with van der Waals surface area (Å²) in [6.07, 6.45) is 2.92. The fourth-order valence-electron chi connectivity index (χ4n) is 2.64. The van der Waals surface area contributed by atoms with Gasteiger partial charge in [0.1, 0.15) is 5.82 Å². The van der Waals surface area contributed by atoms with Gasteiger partial charge in [-0.05, 0) is 44.4 Å². The molecule has 1 fully saturated rings. The molecule has 1 saturated carbocycles. The van der Waals surface area contributed by atoms with Crippen molar-refractivity contribution < 1.29 is 4.79 Å². The summed E-state index contributed by atoms with van der Waals surface area (Å²) >= 11 is 0. The molecule has 1 amide bonds.